The summed E-state index contributed by atoms with van der Waals surface area (Å²) in [6, 6.07) is 18.4. The number of aromatic nitrogens is 1. The van der Waals surface area contributed by atoms with Crippen molar-refractivity contribution in [3.05, 3.63) is 65.9 Å². The summed E-state index contributed by atoms with van der Waals surface area (Å²) in [5.41, 5.74) is 3.60. The van der Waals surface area contributed by atoms with Gasteiger partial charge in [-0.15, -0.1) is 0 Å². The number of para-hydroxylation sites is 1. The zero-order valence-electron chi connectivity index (χ0n) is 19.4. The van der Waals surface area contributed by atoms with Gasteiger partial charge in [0, 0.05) is 23.5 Å². The Balaban J connectivity index is 1.72. The van der Waals surface area contributed by atoms with Gasteiger partial charge in [0.1, 0.15) is 11.4 Å². The average molecular weight is 433 g/mol. The van der Waals surface area contributed by atoms with E-state index in [1.54, 1.807) is 12.1 Å². The van der Waals surface area contributed by atoms with Crippen LogP contribution in [0.2, 0.25) is 0 Å². The van der Waals surface area contributed by atoms with E-state index >= 15 is 0 Å². The van der Waals surface area contributed by atoms with Crippen molar-refractivity contribution in [1.82, 2.24) is 14.5 Å². The normalized spacial score (nSPS) is 15.0. The molecule has 1 amide bonds. The van der Waals surface area contributed by atoms with Gasteiger partial charge in [0.15, 0.2) is 0 Å². The van der Waals surface area contributed by atoms with Crippen molar-refractivity contribution in [2.24, 2.45) is 5.10 Å². The predicted molar refractivity (Wildman–Crippen MR) is 130 cm³/mol. The van der Waals surface area contributed by atoms with Crippen molar-refractivity contribution in [3.8, 4) is 5.75 Å². The molecule has 0 bridgehead atoms. The van der Waals surface area contributed by atoms with Crippen LogP contribution in [0.25, 0.3) is 10.9 Å². The van der Waals surface area contributed by atoms with Crippen LogP contribution >= 0.6 is 0 Å². The molecule has 32 heavy (non-hydrogen) atoms. The molecule has 0 N–H and O–H groups in total. The molecule has 0 aliphatic carbocycles. The van der Waals surface area contributed by atoms with E-state index in [0.717, 1.165) is 47.4 Å². The maximum absolute atomic E-state index is 13.6. The lowest BCUT2D eigenvalue weighted by atomic mass is 10.1. The molecular formula is C26H32N4O2. The fourth-order valence-electron chi connectivity index (χ4n) is 4.49. The number of methoxy groups -OCH3 is 1. The fourth-order valence-corrected chi connectivity index (χ4v) is 4.49. The monoisotopic (exact) mass is 432 g/mol. The minimum Gasteiger partial charge on any atom is -0.497 e. The van der Waals surface area contributed by atoms with E-state index < -0.39 is 0 Å². The first kappa shape index (κ1) is 22.1. The van der Waals surface area contributed by atoms with Gasteiger partial charge in [-0.1, -0.05) is 32.0 Å². The van der Waals surface area contributed by atoms with Crippen molar-refractivity contribution in [1.29, 1.82) is 0 Å². The fraction of sp³-hybridized carbons (Fsp3) is 0.385. The Bertz CT molecular complexity index is 1110. The number of hydrazone groups is 1. The highest BCUT2D eigenvalue weighted by atomic mass is 16.5. The molecule has 1 aliphatic heterocycles. The average Bonchev–Trinajstić information content (AvgIpc) is 3.13. The molecule has 1 aromatic heterocycles. The Morgan fingerprint density at radius 3 is 2.50 bits per heavy atom. The molecule has 6 nitrogen and oxygen atoms in total. The molecule has 0 spiro atoms. The largest absolute Gasteiger partial charge is 0.497 e. The van der Waals surface area contributed by atoms with Crippen molar-refractivity contribution in [3.63, 3.8) is 0 Å². The summed E-state index contributed by atoms with van der Waals surface area (Å²) in [5, 5.41) is 7.62. The van der Waals surface area contributed by atoms with Gasteiger partial charge in [-0.25, -0.2) is 5.01 Å². The minimum atomic E-state index is -0.0449. The zero-order chi connectivity index (χ0) is 22.7. The van der Waals surface area contributed by atoms with Crippen LogP contribution < -0.4 is 4.74 Å². The molecule has 168 valence electrons. The third-order valence-corrected chi connectivity index (χ3v) is 6.43. The van der Waals surface area contributed by atoms with E-state index in [9.17, 15) is 4.79 Å². The van der Waals surface area contributed by atoms with Gasteiger partial charge >= 0.3 is 0 Å². The second-order valence-electron chi connectivity index (χ2n) is 8.24. The number of ether oxygens (including phenoxy) is 1. The quantitative estimate of drug-likeness (QED) is 0.521. The summed E-state index contributed by atoms with van der Waals surface area (Å²) in [7, 11) is 1.66. The van der Waals surface area contributed by atoms with Crippen molar-refractivity contribution in [2.75, 3.05) is 26.7 Å². The Morgan fingerprint density at radius 2 is 1.81 bits per heavy atom. The summed E-state index contributed by atoms with van der Waals surface area (Å²) in [4.78, 5) is 16.0. The second kappa shape index (κ2) is 9.57. The minimum absolute atomic E-state index is 0.0449. The molecule has 2 aromatic carbocycles. The van der Waals surface area contributed by atoms with Crippen LogP contribution in [0.1, 0.15) is 43.2 Å². The third-order valence-electron chi connectivity index (χ3n) is 6.43. The molecule has 3 aromatic rings. The molecule has 2 heterocycles. The number of nitrogens with zero attached hydrogens (tertiary/aromatic N) is 4. The lowest BCUT2D eigenvalue weighted by molar-refractivity contribution is 0.0738. The molecule has 1 aliphatic rings. The number of fused-ring (bicyclic) bond motifs is 3. The highest BCUT2D eigenvalue weighted by Crippen LogP contribution is 2.25. The van der Waals surface area contributed by atoms with Crippen molar-refractivity contribution in [2.45, 2.75) is 39.8 Å². The summed E-state index contributed by atoms with van der Waals surface area (Å²) in [6.07, 6.45) is 0.868. The van der Waals surface area contributed by atoms with Crippen LogP contribution in [0.3, 0.4) is 0 Å². The van der Waals surface area contributed by atoms with Crippen molar-refractivity contribution >= 4 is 22.5 Å². The van der Waals surface area contributed by atoms with Crippen LogP contribution in [-0.4, -0.2) is 58.9 Å². The SMILES string of the molecule is CCN(CC)[C@@H](C)CCN1N=C(c2ccc(OC)cc2)Cn2c(cc3ccccc32)C1=O. The molecule has 0 saturated carbocycles. The van der Waals surface area contributed by atoms with E-state index in [1.165, 1.54) is 0 Å². The molecule has 4 rings (SSSR count). The Kier molecular flexibility index (Phi) is 6.61. The van der Waals surface area contributed by atoms with Gasteiger partial charge in [0.25, 0.3) is 5.91 Å². The number of hydrogen-bond acceptors (Lipinski definition) is 4. The topological polar surface area (TPSA) is 50.1 Å². The van der Waals surface area contributed by atoms with Gasteiger partial charge in [-0.3, -0.25) is 4.79 Å². The van der Waals surface area contributed by atoms with Crippen molar-refractivity contribution < 1.29 is 9.53 Å². The first-order valence-electron chi connectivity index (χ1n) is 11.4. The van der Waals surface area contributed by atoms with E-state index in [2.05, 4.69) is 42.4 Å². The van der Waals surface area contributed by atoms with Crippen LogP contribution in [0.15, 0.2) is 59.7 Å². The predicted octanol–water partition coefficient (Wildman–Crippen LogP) is 4.63. The summed E-state index contributed by atoms with van der Waals surface area (Å²) in [6.45, 7) is 9.70. The Morgan fingerprint density at radius 1 is 1.09 bits per heavy atom. The smallest absolute Gasteiger partial charge is 0.290 e. The zero-order valence-corrected chi connectivity index (χ0v) is 19.4. The summed E-state index contributed by atoms with van der Waals surface area (Å²) in [5.74, 6) is 0.757. The molecular weight excluding hydrogens is 400 g/mol. The molecule has 6 heteroatoms. The molecule has 0 unspecified atom stereocenters. The second-order valence-corrected chi connectivity index (χ2v) is 8.24. The number of carbonyl (C=O) groups is 1. The first-order chi connectivity index (χ1) is 15.5. The highest BCUT2D eigenvalue weighted by molar-refractivity contribution is 6.06. The number of benzene rings is 2. The number of rotatable bonds is 8. The van der Waals surface area contributed by atoms with Crippen LogP contribution in [-0.2, 0) is 6.54 Å². The van der Waals surface area contributed by atoms with Gasteiger partial charge in [-0.05, 0) is 68.4 Å². The lowest BCUT2D eigenvalue weighted by Crippen LogP contribution is -2.36. The highest BCUT2D eigenvalue weighted by Gasteiger charge is 2.27. The molecule has 0 radical (unpaired) electrons. The van der Waals surface area contributed by atoms with Crippen LogP contribution in [0.5, 0.6) is 5.75 Å². The van der Waals surface area contributed by atoms with E-state index in [4.69, 9.17) is 9.84 Å². The van der Waals surface area contributed by atoms with Crippen LogP contribution in [0, 0.1) is 0 Å². The Hall–Kier alpha value is -3.12. The van der Waals surface area contributed by atoms with E-state index in [1.807, 2.05) is 42.5 Å². The number of carbonyl (C=O) groups excluding carboxylic acids is 1. The molecule has 0 fully saturated rings. The first-order valence-corrected chi connectivity index (χ1v) is 11.4. The standard InChI is InChI=1S/C26H32N4O2/c1-5-28(6-2)19(3)15-16-30-26(31)25-17-21-9-7-8-10-24(21)29(25)18-23(27-30)20-11-13-22(32-4)14-12-20/h7-14,17,19H,5-6,15-16,18H2,1-4H3/t19-/m0/s1. The van der Waals surface area contributed by atoms with Gasteiger partial charge < -0.3 is 14.2 Å². The summed E-state index contributed by atoms with van der Waals surface area (Å²) < 4.78 is 7.41. The molecule has 1 atom stereocenters. The van der Waals surface area contributed by atoms with Crippen LogP contribution in [0.4, 0.5) is 0 Å². The van der Waals surface area contributed by atoms with Gasteiger partial charge in [0.05, 0.1) is 19.4 Å². The summed E-state index contributed by atoms with van der Waals surface area (Å²) >= 11 is 0. The maximum Gasteiger partial charge on any atom is 0.290 e. The number of amides is 1. The van der Waals surface area contributed by atoms with E-state index in [-0.39, 0.29) is 5.91 Å². The molecule has 0 saturated heterocycles. The van der Waals surface area contributed by atoms with Gasteiger partial charge in [-0.2, -0.15) is 5.10 Å². The lowest BCUT2D eigenvalue weighted by Gasteiger charge is -2.27. The third kappa shape index (κ3) is 4.28. The van der Waals surface area contributed by atoms with Gasteiger partial charge in [0.2, 0.25) is 0 Å². The Labute approximate surface area is 190 Å². The number of hydrogen-bond donors (Lipinski definition) is 0. The van der Waals surface area contributed by atoms with E-state index in [0.29, 0.717) is 24.8 Å². The maximum atomic E-state index is 13.6.